The number of carbonyl (C=O) groups is 1. The van der Waals surface area contributed by atoms with E-state index in [1.54, 1.807) is 0 Å². The van der Waals surface area contributed by atoms with Crippen LogP contribution in [-0.2, 0) is 4.79 Å². The molecule has 0 unspecified atom stereocenters. The van der Waals surface area contributed by atoms with Crippen LogP contribution in [0.5, 0.6) is 0 Å². The molecule has 0 saturated heterocycles. The van der Waals surface area contributed by atoms with E-state index in [1.807, 2.05) is 0 Å². The molecule has 1 aliphatic rings. The minimum Gasteiger partial charge on any atom is -0.478 e. The molecule has 0 aromatic rings. The van der Waals surface area contributed by atoms with Crippen molar-refractivity contribution >= 4 is 17.6 Å². The molecule has 0 bridgehead atoms. The average molecular weight is 191 g/mol. The molecule has 0 fully saturated rings. The van der Waals surface area contributed by atoms with Crippen LogP contribution in [0.3, 0.4) is 0 Å². The molecule has 3 N–H and O–H groups in total. The van der Waals surface area contributed by atoms with Crippen LogP contribution >= 0.6 is 11.6 Å². The smallest absolute Gasteiger partial charge is 0.334 e. The number of aliphatic carboxylic acids is 1. The molecule has 1 rings (SSSR count). The molecule has 1 aliphatic carbocycles. The average Bonchev–Trinajstić information content (AvgIpc) is 2.00. The first-order valence-electron chi connectivity index (χ1n) is 3.20. The first-order chi connectivity index (χ1) is 5.54. The Balaban J connectivity index is 2.97. The van der Waals surface area contributed by atoms with Crippen molar-refractivity contribution in [1.82, 2.24) is 0 Å². The molecule has 0 radical (unpaired) electrons. The first-order valence-corrected chi connectivity index (χ1v) is 3.58. The molecular formula is C7H7ClO4. The minimum absolute atomic E-state index is 0.0347. The predicted molar refractivity (Wildman–Crippen MR) is 41.7 cm³/mol. The van der Waals surface area contributed by atoms with E-state index in [2.05, 4.69) is 0 Å². The van der Waals surface area contributed by atoms with Crippen LogP contribution in [0.15, 0.2) is 22.8 Å². The van der Waals surface area contributed by atoms with E-state index in [4.69, 9.17) is 26.9 Å². The second-order valence-corrected chi connectivity index (χ2v) is 2.80. The topological polar surface area (TPSA) is 77.8 Å². The van der Waals surface area contributed by atoms with E-state index >= 15 is 0 Å². The highest BCUT2D eigenvalue weighted by molar-refractivity contribution is 6.30. The van der Waals surface area contributed by atoms with Gasteiger partial charge in [0.25, 0.3) is 0 Å². The van der Waals surface area contributed by atoms with E-state index < -0.39 is 18.2 Å². The summed E-state index contributed by atoms with van der Waals surface area (Å²) >= 11 is 5.45. The van der Waals surface area contributed by atoms with Gasteiger partial charge in [-0.2, -0.15) is 0 Å². The third-order valence-electron chi connectivity index (χ3n) is 1.57. The number of aliphatic hydroxyl groups is 2. The van der Waals surface area contributed by atoms with Gasteiger partial charge in [0, 0.05) is 5.03 Å². The van der Waals surface area contributed by atoms with E-state index in [1.165, 1.54) is 12.2 Å². The van der Waals surface area contributed by atoms with Gasteiger partial charge in [-0.25, -0.2) is 4.79 Å². The minimum atomic E-state index is -1.44. The van der Waals surface area contributed by atoms with Gasteiger partial charge in [0.05, 0.1) is 5.57 Å². The summed E-state index contributed by atoms with van der Waals surface area (Å²) in [6.07, 6.45) is -0.354. The number of hydrogen-bond donors (Lipinski definition) is 3. The molecule has 0 aromatic heterocycles. The highest BCUT2D eigenvalue weighted by atomic mass is 35.5. The van der Waals surface area contributed by atoms with Gasteiger partial charge in [-0.05, 0) is 12.2 Å². The van der Waals surface area contributed by atoms with Crippen LogP contribution < -0.4 is 0 Å². The summed E-state index contributed by atoms with van der Waals surface area (Å²) in [6, 6.07) is 0. The number of carboxylic acid groups (broad SMARTS) is 1. The number of aliphatic hydroxyl groups excluding tert-OH is 2. The fourth-order valence-electron chi connectivity index (χ4n) is 0.885. The third kappa shape index (κ3) is 1.50. The van der Waals surface area contributed by atoms with Crippen molar-refractivity contribution in [2.24, 2.45) is 0 Å². The number of allylic oxidation sites excluding steroid dienone is 2. The quantitative estimate of drug-likeness (QED) is 0.538. The van der Waals surface area contributed by atoms with Gasteiger partial charge in [-0.15, -0.1) is 0 Å². The van der Waals surface area contributed by atoms with Crippen molar-refractivity contribution in [1.29, 1.82) is 0 Å². The summed E-state index contributed by atoms with van der Waals surface area (Å²) in [7, 11) is 0. The van der Waals surface area contributed by atoms with Gasteiger partial charge in [-0.3, -0.25) is 0 Å². The normalized spacial score (nSPS) is 29.2. The lowest BCUT2D eigenvalue weighted by Crippen LogP contribution is -2.33. The summed E-state index contributed by atoms with van der Waals surface area (Å²) < 4.78 is 0. The molecular weight excluding hydrogens is 184 g/mol. The predicted octanol–water partition coefficient (Wildman–Crippen LogP) is -0.144. The first kappa shape index (κ1) is 9.25. The van der Waals surface area contributed by atoms with Crippen LogP contribution in [-0.4, -0.2) is 33.5 Å². The lowest BCUT2D eigenvalue weighted by molar-refractivity contribution is -0.134. The number of hydrogen-bond acceptors (Lipinski definition) is 3. The molecule has 0 aromatic carbocycles. The second-order valence-electron chi connectivity index (χ2n) is 2.37. The van der Waals surface area contributed by atoms with Gasteiger partial charge < -0.3 is 15.3 Å². The molecule has 12 heavy (non-hydrogen) atoms. The van der Waals surface area contributed by atoms with Gasteiger partial charge in [0.15, 0.2) is 0 Å². The van der Waals surface area contributed by atoms with Crippen molar-refractivity contribution in [3.05, 3.63) is 22.8 Å². The van der Waals surface area contributed by atoms with E-state index in [0.29, 0.717) is 0 Å². The zero-order valence-corrected chi connectivity index (χ0v) is 6.69. The molecule has 0 spiro atoms. The summed E-state index contributed by atoms with van der Waals surface area (Å²) in [5.74, 6) is -1.26. The molecule has 0 amide bonds. The fourth-order valence-corrected chi connectivity index (χ4v) is 1.07. The standard InChI is InChI=1S/C7H7ClO4/c8-4-2-1-3(7(11)12)5(9)6(4)10/h1-2,5-6,9-10H,(H,11,12)/t5-,6-/m0/s1. The highest BCUT2D eigenvalue weighted by Crippen LogP contribution is 2.22. The maximum absolute atomic E-state index is 10.4. The molecule has 2 atom stereocenters. The Morgan fingerprint density at radius 3 is 2.42 bits per heavy atom. The summed E-state index contributed by atoms with van der Waals surface area (Å²) in [5.41, 5.74) is -0.257. The zero-order chi connectivity index (χ0) is 9.30. The van der Waals surface area contributed by atoms with Crippen LogP contribution in [0.4, 0.5) is 0 Å². The van der Waals surface area contributed by atoms with Gasteiger partial charge in [0.1, 0.15) is 12.2 Å². The van der Waals surface area contributed by atoms with Gasteiger partial charge >= 0.3 is 5.97 Å². The Morgan fingerprint density at radius 2 is 1.92 bits per heavy atom. The molecule has 0 saturated carbocycles. The molecule has 0 aliphatic heterocycles. The number of rotatable bonds is 1. The molecule has 5 heteroatoms. The largest absolute Gasteiger partial charge is 0.478 e. The van der Waals surface area contributed by atoms with E-state index in [9.17, 15) is 4.79 Å². The van der Waals surface area contributed by atoms with Gasteiger partial charge in [0.2, 0.25) is 0 Å². The van der Waals surface area contributed by atoms with E-state index in [0.717, 1.165) is 0 Å². The Kier molecular flexibility index (Phi) is 2.52. The number of halogens is 1. The Hall–Kier alpha value is -0.840. The second kappa shape index (κ2) is 3.26. The summed E-state index contributed by atoms with van der Waals surface area (Å²) in [4.78, 5) is 10.4. The van der Waals surface area contributed by atoms with Crippen molar-refractivity contribution in [3.63, 3.8) is 0 Å². The van der Waals surface area contributed by atoms with Crippen molar-refractivity contribution < 1.29 is 20.1 Å². The van der Waals surface area contributed by atoms with Gasteiger partial charge in [-0.1, -0.05) is 11.6 Å². The lowest BCUT2D eigenvalue weighted by atomic mass is 9.99. The Morgan fingerprint density at radius 1 is 1.33 bits per heavy atom. The maximum Gasteiger partial charge on any atom is 0.334 e. The maximum atomic E-state index is 10.4. The lowest BCUT2D eigenvalue weighted by Gasteiger charge is -2.20. The summed E-state index contributed by atoms with van der Waals surface area (Å²) in [5, 5.41) is 26.8. The summed E-state index contributed by atoms with van der Waals surface area (Å²) in [6.45, 7) is 0. The van der Waals surface area contributed by atoms with Crippen LogP contribution in [0.1, 0.15) is 0 Å². The molecule has 0 heterocycles. The third-order valence-corrected chi connectivity index (χ3v) is 1.92. The van der Waals surface area contributed by atoms with Crippen molar-refractivity contribution in [2.75, 3.05) is 0 Å². The van der Waals surface area contributed by atoms with Crippen LogP contribution in [0.25, 0.3) is 0 Å². The van der Waals surface area contributed by atoms with Crippen LogP contribution in [0, 0.1) is 0 Å². The molecule has 4 nitrogen and oxygen atoms in total. The fraction of sp³-hybridized carbons (Fsp3) is 0.286. The monoisotopic (exact) mass is 190 g/mol. The van der Waals surface area contributed by atoms with Crippen molar-refractivity contribution in [3.8, 4) is 0 Å². The van der Waals surface area contributed by atoms with E-state index in [-0.39, 0.29) is 10.6 Å². The van der Waals surface area contributed by atoms with Crippen molar-refractivity contribution in [2.45, 2.75) is 12.2 Å². The Bertz CT molecular complexity index is 269. The highest BCUT2D eigenvalue weighted by Gasteiger charge is 2.29. The SMILES string of the molecule is O=C(O)C1=CC=C(Cl)[C@H](O)[C@H]1O. The Labute approximate surface area is 73.4 Å². The zero-order valence-electron chi connectivity index (χ0n) is 5.94. The van der Waals surface area contributed by atoms with Crippen LogP contribution in [0.2, 0.25) is 0 Å². The number of carboxylic acids is 1. The molecule has 66 valence electrons.